The Hall–Kier alpha value is -1.99. The fourth-order valence-corrected chi connectivity index (χ4v) is 3.23. The van der Waals surface area contributed by atoms with E-state index in [0.717, 1.165) is 17.3 Å². The van der Waals surface area contributed by atoms with Gasteiger partial charge in [0.25, 0.3) is 0 Å². The van der Waals surface area contributed by atoms with Crippen molar-refractivity contribution in [3.05, 3.63) is 59.2 Å². The Labute approximate surface area is 127 Å². The van der Waals surface area contributed by atoms with Crippen LogP contribution in [0.25, 0.3) is 0 Å². The highest BCUT2D eigenvalue weighted by atomic mass is 32.2. The molecule has 0 bridgehead atoms. The normalized spacial score (nSPS) is 14.2. The van der Waals surface area contributed by atoms with Crippen LogP contribution in [0.15, 0.2) is 41.3 Å². The summed E-state index contributed by atoms with van der Waals surface area (Å²) in [6.07, 6.45) is 0.635. The van der Waals surface area contributed by atoms with Crippen LogP contribution in [0.2, 0.25) is 0 Å². The van der Waals surface area contributed by atoms with Gasteiger partial charge < -0.3 is 4.90 Å². The van der Waals surface area contributed by atoms with Gasteiger partial charge in [0.2, 0.25) is 10.0 Å². The number of halogens is 2. The zero-order chi connectivity index (χ0) is 15.9. The van der Waals surface area contributed by atoms with E-state index >= 15 is 0 Å². The molecule has 0 saturated carbocycles. The highest BCUT2D eigenvalue weighted by Gasteiger charge is 2.22. The molecule has 0 aliphatic carbocycles. The number of anilines is 1. The van der Waals surface area contributed by atoms with Crippen molar-refractivity contribution in [2.75, 3.05) is 11.4 Å². The van der Waals surface area contributed by atoms with Crippen LogP contribution in [0.5, 0.6) is 0 Å². The van der Waals surface area contributed by atoms with Gasteiger partial charge in [-0.3, -0.25) is 0 Å². The largest absolute Gasteiger partial charge is 0.367 e. The SMILES string of the molecule is NS(=O)(=O)c1ccc2c(c1)CCN2Cc1cccc(F)c1F. The van der Waals surface area contributed by atoms with Gasteiger partial charge in [0, 0.05) is 24.3 Å². The number of sulfonamides is 1. The Kier molecular flexibility index (Phi) is 3.62. The zero-order valence-electron chi connectivity index (χ0n) is 11.6. The minimum atomic E-state index is -3.74. The van der Waals surface area contributed by atoms with E-state index in [9.17, 15) is 17.2 Å². The maximum absolute atomic E-state index is 13.8. The first-order chi connectivity index (χ1) is 10.4. The molecule has 116 valence electrons. The van der Waals surface area contributed by atoms with Gasteiger partial charge >= 0.3 is 0 Å². The molecule has 2 aromatic carbocycles. The predicted octanol–water partition coefficient (Wildman–Crippen LogP) is 2.17. The molecular weight excluding hydrogens is 310 g/mol. The van der Waals surface area contributed by atoms with Crippen LogP contribution in [0.1, 0.15) is 11.1 Å². The first-order valence-corrected chi connectivity index (χ1v) is 8.24. The summed E-state index contributed by atoms with van der Waals surface area (Å²) in [5, 5.41) is 5.11. The predicted molar refractivity (Wildman–Crippen MR) is 78.9 cm³/mol. The standard InChI is InChI=1S/C15H14F2N2O2S/c16-13-3-1-2-11(15(13)17)9-19-7-6-10-8-12(22(18,20)21)4-5-14(10)19/h1-5,8H,6-7,9H2,(H2,18,20,21). The van der Waals surface area contributed by atoms with Crippen LogP contribution < -0.4 is 10.0 Å². The van der Waals surface area contributed by atoms with Gasteiger partial charge in [-0.25, -0.2) is 22.3 Å². The Morgan fingerprint density at radius 3 is 2.68 bits per heavy atom. The number of rotatable bonds is 3. The lowest BCUT2D eigenvalue weighted by Gasteiger charge is -2.20. The summed E-state index contributed by atoms with van der Waals surface area (Å²) >= 11 is 0. The van der Waals surface area contributed by atoms with E-state index in [-0.39, 0.29) is 17.0 Å². The van der Waals surface area contributed by atoms with Crippen molar-refractivity contribution in [3.63, 3.8) is 0 Å². The summed E-state index contributed by atoms with van der Waals surface area (Å²) in [7, 11) is -3.74. The van der Waals surface area contributed by atoms with Crippen molar-refractivity contribution in [2.45, 2.75) is 17.9 Å². The van der Waals surface area contributed by atoms with Crippen molar-refractivity contribution in [1.82, 2.24) is 0 Å². The quantitative estimate of drug-likeness (QED) is 0.941. The van der Waals surface area contributed by atoms with Crippen molar-refractivity contribution in [2.24, 2.45) is 5.14 Å². The fraction of sp³-hybridized carbons (Fsp3) is 0.200. The molecule has 0 aromatic heterocycles. The fourth-order valence-electron chi connectivity index (χ4n) is 2.66. The lowest BCUT2D eigenvalue weighted by atomic mass is 10.1. The number of hydrogen-bond acceptors (Lipinski definition) is 3. The molecule has 2 aromatic rings. The average molecular weight is 324 g/mol. The van der Waals surface area contributed by atoms with Crippen molar-refractivity contribution in [3.8, 4) is 0 Å². The Morgan fingerprint density at radius 1 is 1.18 bits per heavy atom. The van der Waals surface area contributed by atoms with Crippen LogP contribution in [-0.4, -0.2) is 15.0 Å². The van der Waals surface area contributed by atoms with Gasteiger partial charge in [-0.2, -0.15) is 0 Å². The van der Waals surface area contributed by atoms with E-state index in [1.165, 1.54) is 24.3 Å². The molecule has 3 rings (SSSR count). The van der Waals surface area contributed by atoms with Crippen LogP contribution in [0.4, 0.5) is 14.5 Å². The van der Waals surface area contributed by atoms with Crippen LogP contribution in [-0.2, 0) is 23.0 Å². The first-order valence-electron chi connectivity index (χ1n) is 6.70. The van der Waals surface area contributed by atoms with E-state index in [1.54, 1.807) is 6.07 Å². The molecule has 0 fully saturated rings. The smallest absolute Gasteiger partial charge is 0.238 e. The third-order valence-electron chi connectivity index (χ3n) is 3.76. The van der Waals surface area contributed by atoms with E-state index < -0.39 is 21.7 Å². The first kappa shape index (κ1) is 14.9. The van der Waals surface area contributed by atoms with Crippen LogP contribution in [0.3, 0.4) is 0 Å². The topological polar surface area (TPSA) is 63.4 Å². The number of nitrogens with zero attached hydrogens (tertiary/aromatic N) is 1. The molecule has 2 N–H and O–H groups in total. The molecule has 22 heavy (non-hydrogen) atoms. The second-order valence-corrected chi connectivity index (χ2v) is 6.78. The van der Waals surface area contributed by atoms with Crippen molar-refractivity contribution in [1.29, 1.82) is 0 Å². The monoisotopic (exact) mass is 324 g/mol. The van der Waals surface area contributed by atoms with Crippen molar-refractivity contribution >= 4 is 15.7 Å². The van der Waals surface area contributed by atoms with Gasteiger partial charge in [-0.1, -0.05) is 12.1 Å². The minimum Gasteiger partial charge on any atom is -0.367 e. The molecule has 0 amide bonds. The van der Waals surface area contributed by atoms with Gasteiger partial charge in [0.15, 0.2) is 11.6 Å². The molecule has 0 atom stereocenters. The highest BCUT2D eigenvalue weighted by molar-refractivity contribution is 7.89. The van der Waals surface area contributed by atoms with E-state index in [2.05, 4.69) is 0 Å². The molecule has 0 spiro atoms. The third kappa shape index (κ3) is 2.69. The second kappa shape index (κ2) is 5.33. The number of hydrogen-bond donors (Lipinski definition) is 1. The Balaban J connectivity index is 1.90. The number of benzene rings is 2. The molecule has 7 heteroatoms. The van der Waals surface area contributed by atoms with Crippen LogP contribution in [0, 0.1) is 11.6 Å². The molecule has 0 unspecified atom stereocenters. The molecule has 1 heterocycles. The van der Waals surface area contributed by atoms with Crippen LogP contribution >= 0.6 is 0 Å². The summed E-state index contributed by atoms with van der Waals surface area (Å²) in [5.41, 5.74) is 1.92. The third-order valence-corrected chi connectivity index (χ3v) is 4.68. The molecule has 1 aliphatic rings. The summed E-state index contributed by atoms with van der Waals surface area (Å²) in [6.45, 7) is 0.838. The van der Waals surface area contributed by atoms with Gasteiger partial charge in [0.05, 0.1) is 4.90 Å². The lowest BCUT2D eigenvalue weighted by molar-refractivity contribution is 0.497. The zero-order valence-corrected chi connectivity index (χ0v) is 12.4. The van der Waals surface area contributed by atoms with Crippen molar-refractivity contribution < 1.29 is 17.2 Å². The number of fused-ring (bicyclic) bond motifs is 1. The summed E-state index contributed by atoms with van der Waals surface area (Å²) in [6, 6.07) is 8.69. The van der Waals surface area contributed by atoms with Gasteiger partial charge in [-0.15, -0.1) is 0 Å². The second-order valence-electron chi connectivity index (χ2n) is 5.22. The molecule has 0 radical (unpaired) electrons. The highest BCUT2D eigenvalue weighted by Crippen LogP contribution is 2.31. The van der Waals surface area contributed by atoms with E-state index in [1.807, 2.05) is 4.90 Å². The summed E-state index contributed by atoms with van der Waals surface area (Å²) in [5.74, 6) is -1.72. The lowest BCUT2D eigenvalue weighted by Crippen LogP contribution is -2.20. The van der Waals surface area contributed by atoms with Gasteiger partial charge in [-0.05, 0) is 36.2 Å². The maximum Gasteiger partial charge on any atom is 0.238 e. The summed E-state index contributed by atoms with van der Waals surface area (Å²) < 4.78 is 49.7. The average Bonchev–Trinajstić information content (AvgIpc) is 2.85. The molecular formula is C15H14F2N2O2S. The number of nitrogens with two attached hydrogens (primary N) is 1. The van der Waals surface area contributed by atoms with E-state index in [4.69, 9.17) is 5.14 Å². The molecule has 4 nitrogen and oxygen atoms in total. The Morgan fingerprint density at radius 2 is 1.95 bits per heavy atom. The molecule has 1 aliphatic heterocycles. The van der Waals surface area contributed by atoms with E-state index in [0.29, 0.717) is 13.0 Å². The summed E-state index contributed by atoms with van der Waals surface area (Å²) in [4.78, 5) is 1.95. The minimum absolute atomic E-state index is 0.0602. The molecule has 0 saturated heterocycles. The van der Waals surface area contributed by atoms with Gasteiger partial charge in [0.1, 0.15) is 0 Å². The number of primary sulfonamides is 1. The Bertz CT molecular complexity index is 837. The maximum atomic E-state index is 13.8.